The van der Waals surface area contributed by atoms with Crippen LogP contribution in [0.1, 0.15) is 12.0 Å². The smallest absolute Gasteiger partial charge is 0.270 e. The number of hydrogen-bond donors (Lipinski definition) is 0. The van der Waals surface area contributed by atoms with Crippen molar-refractivity contribution in [2.75, 3.05) is 14.1 Å². The lowest BCUT2D eigenvalue weighted by atomic mass is 10.1. The number of amides is 1. The van der Waals surface area contributed by atoms with E-state index in [9.17, 15) is 19.7 Å². The second-order valence-electron chi connectivity index (χ2n) is 4.12. The number of allylic oxidation sites excluding steroid dienone is 1. The number of carbonyl (C=O) groups excluding carboxylic acids is 2. The number of nitro groups is 1. The summed E-state index contributed by atoms with van der Waals surface area (Å²) in [4.78, 5) is 34.2. The van der Waals surface area contributed by atoms with E-state index in [0.717, 1.165) is 0 Å². The van der Waals surface area contributed by atoms with E-state index in [4.69, 9.17) is 0 Å². The predicted octanol–water partition coefficient (Wildman–Crippen LogP) is 1.66. The Morgan fingerprint density at radius 3 is 2.63 bits per heavy atom. The zero-order valence-corrected chi connectivity index (χ0v) is 10.7. The van der Waals surface area contributed by atoms with Crippen LogP contribution < -0.4 is 0 Å². The molecule has 1 amide bonds. The zero-order valence-electron chi connectivity index (χ0n) is 10.7. The fourth-order valence-corrected chi connectivity index (χ4v) is 1.30. The van der Waals surface area contributed by atoms with Gasteiger partial charge in [-0.15, -0.1) is 0 Å². The van der Waals surface area contributed by atoms with Gasteiger partial charge in [0.25, 0.3) is 5.69 Å². The van der Waals surface area contributed by atoms with Crippen molar-refractivity contribution in [1.29, 1.82) is 0 Å². The van der Waals surface area contributed by atoms with Crippen molar-refractivity contribution in [3.05, 3.63) is 46.0 Å². The van der Waals surface area contributed by atoms with E-state index in [1.165, 1.54) is 35.3 Å². The van der Waals surface area contributed by atoms with Crippen LogP contribution >= 0.6 is 0 Å². The summed E-state index contributed by atoms with van der Waals surface area (Å²) in [6.45, 7) is 0. The van der Waals surface area contributed by atoms with Crippen LogP contribution in [0.5, 0.6) is 0 Å². The Kier molecular flexibility index (Phi) is 4.93. The van der Waals surface area contributed by atoms with Gasteiger partial charge in [0.15, 0.2) is 5.78 Å². The van der Waals surface area contributed by atoms with Crippen LogP contribution in [0.25, 0.3) is 6.08 Å². The van der Waals surface area contributed by atoms with Gasteiger partial charge in [-0.25, -0.2) is 0 Å². The minimum Gasteiger partial charge on any atom is -0.348 e. The van der Waals surface area contributed by atoms with Crippen LogP contribution in [0.4, 0.5) is 5.69 Å². The van der Waals surface area contributed by atoms with E-state index in [-0.39, 0.29) is 23.8 Å². The second-order valence-corrected chi connectivity index (χ2v) is 4.12. The topological polar surface area (TPSA) is 80.5 Å². The highest BCUT2D eigenvalue weighted by molar-refractivity contribution is 6.05. The Morgan fingerprint density at radius 1 is 1.37 bits per heavy atom. The highest BCUT2D eigenvalue weighted by atomic mass is 16.6. The van der Waals surface area contributed by atoms with Crippen molar-refractivity contribution in [3.63, 3.8) is 0 Å². The lowest BCUT2D eigenvalue weighted by molar-refractivity contribution is -0.384. The van der Waals surface area contributed by atoms with Crippen LogP contribution in [0, 0.1) is 10.1 Å². The van der Waals surface area contributed by atoms with Gasteiger partial charge in [0.2, 0.25) is 5.91 Å². The lowest BCUT2D eigenvalue weighted by Gasteiger charge is -2.07. The third-order valence-electron chi connectivity index (χ3n) is 2.37. The molecule has 100 valence electrons. The summed E-state index contributed by atoms with van der Waals surface area (Å²) < 4.78 is 0. The molecule has 0 saturated heterocycles. The average molecular weight is 262 g/mol. The molecule has 0 heterocycles. The van der Waals surface area contributed by atoms with E-state index in [0.29, 0.717) is 5.56 Å². The summed E-state index contributed by atoms with van der Waals surface area (Å²) in [5, 5.41) is 10.6. The monoisotopic (exact) mass is 262 g/mol. The molecule has 0 unspecified atom stereocenters. The number of non-ortho nitro benzene ring substituents is 1. The number of rotatable bonds is 5. The van der Waals surface area contributed by atoms with Crippen molar-refractivity contribution < 1.29 is 14.5 Å². The van der Waals surface area contributed by atoms with Crippen LogP contribution in [0.3, 0.4) is 0 Å². The van der Waals surface area contributed by atoms with Crippen molar-refractivity contribution in [1.82, 2.24) is 4.90 Å². The third kappa shape index (κ3) is 4.71. The molecular weight excluding hydrogens is 248 g/mol. The van der Waals surface area contributed by atoms with E-state index >= 15 is 0 Å². The minimum absolute atomic E-state index is 0.0426. The van der Waals surface area contributed by atoms with E-state index in [1.54, 1.807) is 20.2 Å². The molecule has 0 aliphatic carbocycles. The Morgan fingerprint density at radius 2 is 2.05 bits per heavy atom. The van der Waals surface area contributed by atoms with E-state index in [1.807, 2.05) is 0 Å². The maximum absolute atomic E-state index is 11.5. The number of nitro benzene ring substituents is 1. The SMILES string of the molecule is CN(C)C(=O)CC(=O)C=Cc1cccc([N+](=O)[O-])c1. The number of carbonyl (C=O) groups is 2. The predicted molar refractivity (Wildman–Crippen MR) is 70.4 cm³/mol. The largest absolute Gasteiger partial charge is 0.348 e. The number of nitrogens with zero attached hydrogens (tertiary/aromatic N) is 2. The van der Waals surface area contributed by atoms with Crippen molar-refractivity contribution in [3.8, 4) is 0 Å². The maximum atomic E-state index is 11.5. The highest BCUT2D eigenvalue weighted by Gasteiger charge is 2.08. The fourth-order valence-electron chi connectivity index (χ4n) is 1.30. The van der Waals surface area contributed by atoms with Crippen molar-refractivity contribution >= 4 is 23.5 Å². The maximum Gasteiger partial charge on any atom is 0.270 e. The number of benzene rings is 1. The summed E-state index contributed by atoms with van der Waals surface area (Å²) in [6, 6.07) is 5.91. The van der Waals surface area contributed by atoms with Gasteiger partial charge in [-0.2, -0.15) is 0 Å². The first-order chi connectivity index (χ1) is 8.90. The molecule has 6 heteroatoms. The molecule has 0 N–H and O–H groups in total. The molecule has 0 saturated carbocycles. The molecule has 0 aliphatic rings. The van der Waals surface area contributed by atoms with Crippen LogP contribution in [0.15, 0.2) is 30.3 Å². The molecule has 0 aromatic heterocycles. The molecule has 0 bridgehead atoms. The molecule has 1 rings (SSSR count). The summed E-state index contributed by atoms with van der Waals surface area (Å²) in [5.41, 5.74) is 0.499. The first-order valence-corrected chi connectivity index (χ1v) is 5.55. The van der Waals surface area contributed by atoms with Gasteiger partial charge in [0.1, 0.15) is 0 Å². The quantitative estimate of drug-likeness (QED) is 0.350. The van der Waals surface area contributed by atoms with Gasteiger partial charge in [0.05, 0.1) is 11.3 Å². The molecule has 0 radical (unpaired) electrons. The van der Waals surface area contributed by atoms with Crippen molar-refractivity contribution in [2.24, 2.45) is 0 Å². The summed E-state index contributed by atoms with van der Waals surface area (Å²) in [5.74, 6) is -0.626. The molecule has 0 aliphatic heterocycles. The second kappa shape index (κ2) is 6.44. The van der Waals surface area contributed by atoms with Gasteiger partial charge >= 0.3 is 0 Å². The zero-order chi connectivity index (χ0) is 14.4. The average Bonchev–Trinajstić information content (AvgIpc) is 2.36. The molecule has 1 aromatic carbocycles. The van der Waals surface area contributed by atoms with Crippen molar-refractivity contribution in [2.45, 2.75) is 6.42 Å². The van der Waals surface area contributed by atoms with Crippen LogP contribution in [0.2, 0.25) is 0 Å². The third-order valence-corrected chi connectivity index (χ3v) is 2.37. The Bertz CT molecular complexity index is 535. The molecule has 19 heavy (non-hydrogen) atoms. The minimum atomic E-state index is -0.505. The lowest BCUT2D eigenvalue weighted by Crippen LogP contribution is -2.23. The standard InChI is InChI=1S/C13H14N2O4/c1-14(2)13(17)9-12(16)7-6-10-4-3-5-11(8-10)15(18)19/h3-8H,9H2,1-2H3. The van der Waals surface area contributed by atoms with E-state index < -0.39 is 4.92 Å². The van der Waals surface area contributed by atoms with Gasteiger partial charge in [0, 0.05) is 26.2 Å². The molecule has 6 nitrogen and oxygen atoms in total. The number of hydrogen-bond acceptors (Lipinski definition) is 4. The Labute approximate surface area is 110 Å². The summed E-state index contributed by atoms with van der Waals surface area (Å²) in [7, 11) is 3.14. The highest BCUT2D eigenvalue weighted by Crippen LogP contribution is 2.14. The Balaban J connectivity index is 2.71. The fraction of sp³-hybridized carbons (Fsp3) is 0.231. The van der Waals surface area contributed by atoms with Crippen LogP contribution in [-0.2, 0) is 9.59 Å². The van der Waals surface area contributed by atoms with Gasteiger partial charge < -0.3 is 4.90 Å². The molecule has 1 aromatic rings. The first-order valence-electron chi connectivity index (χ1n) is 5.55. The summed E-state index contributed by atoms with van der Waals surface area (Å²) in [6.07, 6.45) is 2.50. The van der Waals surface area contributed by atoms with Gasteiger partial charge in [-0.3, -0.25) is 19.7 Å². The van der Waals surface area contributed by atoms with Gasteiger partial charge in [-0.05, 0) is 11.6 Å². The molecule has 0 spiro atoms. The molecule has 0 fully saturated rings. The summed E-state index contributed by atoms with van der Waals surface area (Å²) >= 11 is 0. The normalized spacial score (nSPS) is 10.4. The molecule has 0 atom stereocenters. The van der Waals surface area contributed by atoms with Gasteiger partial charge in [-0.1, -0.05) is 18.2 Å². The van der Waals surface area contributed by atoms with Crippen LogP contribution in [-0.4, -0.2) is 35.6 Å². The first kappa shape index (κ1) is 14.6. The van der Waals surface area contributed by atoms with E-state index in [2.05, 4.69) is 0 Å². The Hall–Kier alpha value is -2.50. The number of ketones is 1. The molecular formula is C13H14N2O4.